The van der Waals surface area contributed by atoms with Crippen LogP contribution in [0, 0.1) is 5.82 Å². The third-order valence-corrected chi connectivity index (χ3v) is 5.83. The summed E-state index contributed by atoms with van der Waals surface area (Å²) in [6, 6.07) is 11.4. The van der Waals surface area contributed by atoms with E-state index in [1.807, 2.05) is 19.1 Å². The lowest BCUT2D eigenvalue weighted by Crippen LogP contribution is -2.50. The number of hydrogen-bond acceptors (Lipinski definition) is 4. The highest BCUT2D eigenvalue weighted by molar-refractivity contribution is 7.92. The summed E-state index contributed by atoms with van der Waals surface area (Å²) in [6.07, 6.45) is 1.76. The Kier molecular flexibility index (Phi) is 7.61. The number of para-hydroxylation sites is 1. The number of benzene rings is 2. The van der Waals surface area contributed by atoms with Crippen LogP contribution in [-0.4, -0.2) is 33.7 Å². The summed E-state index contributed by atoms with van der Waals surface area (Å²) in [4.78, 5) is 13.0. The molecule has 2 atom stereocenters. The summed E-state index contributed by atoms with van der Waals surface area (Å²) in [5, 5.41) is 2.90. The summed E-state index contributed by atoms with van der Waals surface area (Å²) in [7, 11) is -2.33. The second-order valence-corrected chi connectivity index (χ2v) is 8.54. The number of halogens is 1. The summed E-state index contributed by atoms with van der Waals surface area (Å²) in [5.41, 5.74) is 0.725. The molecule has 0 unspecified atom stereocenters. The van der Waals surface area contributed by atoms with E-state index in [-0.39, 0.29) is 18.2 Å². The third-order valence-electron chi connectivity index (χ3n) is 4.66. The Bertz CT molecular complexity index is 932. The van der Waals surface area contributed by atoms with Gasteiger partial charge in [-0.15, -0.1) is 0 Å². The van der Waals surface area contributed by atoms with Gasteiger partial charge in [0.2, 0.25) is 15.9 Å². The Morgan fingerprint density at radius 2 is 1.72 bits per heavy atom. The van der Waals surface area contributed by atoms with E-state index in [0.717, 1.165) is 16.1 Å². The smallest absolute Gasteiger partial charge is 0.244 e. The van der Waals surface area contributed by atoms with Crippen molar-refractivity contribution in [2.45, 2.75) is 38.8 Å². The molecule has 0 aromatic heterocycles. The van der Waals surface area contributed by atoms with E-state index in [9.17, 15) is 17.6 Å². The molecule has 0 fully saturated rings. The maximum absolute atomic E-state index is 14.3. The van der Waals surface area contributed by atoms with Crippen molar-refractivity contribution in [1.82, 2.24) is 5.32 Å². The number of hydrogen-bond donors (Lipinski definition) is 1. The Morgan fingerprint density at radius 1 is 1.10 bits per heavy atom. The largest absolute Gasteiger partial charge is 0.497 e. The van der Waals surface area contributed by atoms with Crippen molar-refractivity contribution in [3.05, 3.63) is 59.9 Å². The summed E-state index contributed by atoms with van der Waals surface area (Å²) in [6.45, 7) is 3.61. The Labute approximate surface area is 171 Å². The molecule has 1 N–H and O–H groups in total. The fraction of sp³-hybridized carbons (Fsp3) is 0.381. The molecule has 0 radical (unpaired) electrons. The zero-order valence-electron chi connectivity index (χ0n) is 17.1. The fourth-order valence-corrected chi connectivity index (χ4v) is 4.40. The van der Waals surface area contributed by atoms with Gasteiger partial charge >= 0.3 is 0 Å². The van der Waals surface area contributed by atoms with Crippen molar-refractivity contribution in [2.24, 2.45) is 0 Å². The van der Waals surface area contributed by atoms with Gasteiger partial charge in [-0.05, 0) is 42.7 Å². The zero-order chi connectivity index (χ0) is 21.6. The van der Waals surface area contributed by atoms with Crippen molar-refractivity contribution in [2.75, 3.05) is 17.7 Å². The van der Waals surface area contributed by atoms with Crippen LogP contribution in [0.3, 0.4) is 0 Å². The molecule has 2 aromatic carbocycles. The molecule has 1 amide bonds. The molecule has 0 saturated carbocycles. The van der Waals surface area contributed by atoms with Crippen molar-refractivity contribution in [1.29, 1.82) is 0 Å². The quantitative estimate of drug-likeness (QED) is 0.669. The second kappa shape index (κ2) is 9.73. The maximum atomic E-state index is 14.3. The number of carbonyl (C=O) groups is 1. The van der Waals surface area contributed by atoms with Gasteiger partial charge in [0.05, 0.1) is 25.1 Å². The van der Waals surface area contributed by atoms with E-state index in [0.29, 0.717) is 12.2 Å². The van der Waals surface area contributed by atoms with E-state index >= 15 is 0 Å². The topological polar surface area (TPSA) is 75.7 Å². The van der Waals surface area contributed by atoms with Crippen LogP contribution in [0.4, 0.5) is 10.1 Å². The van der Waals surface area contributed by atoms with E-state index in [4.69, 9.17) is 4.74 Å². The minimum absolute atomic E-state index is 0.144. The lowest BCUT2D eigenvalue weighted by Gasteiger charge is -2.31. The van der Waals surface area contributed by atoms with Crippen LogP contribution in [0.25, 0.3) is 0 Å². The van der Waals surface area contributed by atoms with Crippen molar-refractivity contribution in [3.63, 3.8) is 0 Å². The molecule has 0 bridgehead atoms. The fourth-order valence-electron chi connectivity index (χ4n) is 3.19. The predicted molar refractivity (Wildman–Crippen MR) is 112 cm³/mol. The Hall–Kier alpha value is -2.61. The molecule has 0 aliphatic carbocycles. The Balaban J connectivity index is 2.34. The monoisotopic (exact) mass is 422 g/mol. The van der Waals surface area contributed by atoms with Gasteiger partial charge in [0.15, 0.2) is 0 Å². The average molecular weight is 423 g/mol. The second-order valence-electron chi connectivity index (χ2n) is 6.68. The van der Waals surface area contributed by atoms with Gasteiger partial charge in [-0.2, -0.15) is 0 Å². The molecule has 8 heteroatoms. The number of nitrogens with zero attached hydrogens (tertiary/aromatic N) is 1. The lowest BCUT2D eigenvalue weighted by molar-refractivity contribution is -0.123. The van der Waals surface area contributed by atoms with Gasteiger partial charge in [-0.1, -0.05) is 38.1 Å². The van der Waals surface area contributed by atoms with Crippen molar-refractivity contribution >= 4 is 21.6 Å². The van der Waals surface area contributed by atoms with Crippen LogP contribution in [0.2, 0.25) is 0 Å². The molecule has 2 rings (SSSR count). The lowest BCUT2D eigenvalue weighted by atomic mass is 10.0. The van der Waals surface area contributed by atoms with Crippen molar-refractivity contribution < 1.29 is 22.3 Å². The number of ether oxygens (including phenoxy) is 1. The van der Waals surface area contributed by atoms with E-state index < -0.39 is 27.8 Å². The number of methoxy groups -OCH3 is 1. The maximum Gasteiger partial charge on any atom is 0.244 e. The van der Waals surface area contributed by atoms with Crippen LogP contribution in [0.1, 0.15) is 38.3 Å². The SMILES string of the molecule is CC[C@@H](NC(=O)[C@H](CC)N(c1ccccc1F)S(C)(=O)=O)c1ccc(OC)cc1. The molecular weight excluding hydrogens is 395 g/mol. The standard InChI is InChI=1S/C21H27FN2O4S/c1-5-18(15-11-13-16(28-3)14-12-15)23-21(25)19(6-2)24(29(4,26)27)20-10-8-7-9-17(20)22/h7-14,18-19H,5-6H2,1-4H3,(H,23,25)/t18-,19+/m1/s1. The molecule has 0 aliphatic heterocycles. The number of rotatable bonds is 9. The number of carbonyl (C=O) groups excluding carboxylic acids is 1. The third kappa shape index (κ3) is 5.47. The molecule has 0 aliphatic rings. The highest BCUT2D eigenvalue weighted by Gasteiger charge is 2.33. The molecule has 2 aromatic rings. The van der Waals surface area contributed by atoms with Gasteiger partial charge in [-0.25, -0.2) is 12.8 Å². The van der Waals surface area contributed by atoms with E-state index in [1.54, 1.807) is 26.2 Å². The van der Waals surface area contributed by atoms with Crippen LogP contribution >= 0.6 is 0 Å². The first-order valence-corrected chi connectivity index (χ1v) is 11.3. The van der Waals surface area contributed by atoms with Gasteiger partial charge < -0.3 is 10.1 Å². The highest BCUT2D eigenvalue weighted by atomic mass is 32.2. The van der Waals surface area contributed by atoms with Gasteiger partial charge in [0, 0.05) is 0 Å². The summed E-state index contributed by atoms with van der Waals surface area (Å²) >= 11 is 0. The molecule has 158 valence electrons. The molecule has 0 spiro atoms. The number of nitrogens with one attached hydrogen (secondary N) is 1. The van der Waals surface area contributed by atoms with E-state index in [1.165, 1.54) is 24.3 Å². The highest BCUT2D eigenvalue weighted by Crippen LogP contribution is 2.26. The number of amides is 1. The first-order valence-electron chi connectivity index (χ1n) is 9.41. The Morgan fingerprint density at radius 3 is 2.21 bits per heavy atom. The van der Waals surface area contributed by atoms with Crippen LogP contribution < -0.4 is 14.4 Å². The predicted octanol–water partition coefficient (Wildman–Crippen LogP) is 3.65. The minimum Gasteiger partial charge on any atom is -0.497 e. The zero-order valence-corrected chi connectivity index (χ0v) is 17.9. The summed E-state index contributed by atoms with van der Waals surface area (Å²) < 4.78 is 45.3. The molecule has 29 heavy (non-hydrogen) atoms. The number of sulfonamides is 1. The molecule has 6 nitrogen and oxygen atoms in total. The summed E-state index contributed by atoms with van der Waals surface area (Å²) in [5.74, 6) is -0.487. The van der Waals surface area contributed by atoms with Gasteiger partial charge in [0.1, 0.15) is 17.6 Å². The normalized spacial score (nSPS) is 13.4. The first-order chi connectivity index (χ1) is 13.7. The van der Waals surface area contributed by atoms with Crippen molar-refractivity contribution in [3.8, 4) is 5.75 Å². The van der Waals surface area contributed by atoms with Crippen LogP contribution in [0.5, 0.6) is 5.75 Å². The van der Waals surface area contributed by atoms with Gasteiger partial charge in [0.25, 0.3) is 0 Å². The number of anilines is 1. The van der Waals surface area contributed by atoms with Crippen LogP contribution in [0.15, 0.2) is 48.5 Å². The first kappa shape index (κ1) is 22.7. The minimum atomic E-state index is -3.90. The van der Waals surface area contributed by atoms with Crippen LogP contribution in [-0.2, 0) is 14.8 Å². The molecular formula is C21H27FN2O4S. The van der Waals surface area contributed by atoms with E-state index in [2.05, 4.69) is 5.32 Å². The molecule has 0 heterocycles. The molecule has 0 saturated heterocycles. The average Bonchev–Trinajstić information content (AvgIpc) is 2.70. The van der Waals surface area contributed by atoms with Gasteiger partial charge in [-0.3, -0.25) is 9.10 Å².